The zero-order valence-corrected chi connectivity index (χ0v) is 6.18. The molecular weight excluding hydrogens is 138 g/mol. The van der Waals surface area contributed by atoms with E-state index in [1.165, 1.54) is 13.8 Å². The molecule has 0 saturated heterocycles. The third-order valence-electron chi connectivity index (χ3n) is 1.16. The summed E-state index contributed by atoms with van der Waals surface area (Å²) in [5, 5.41) is 0. The quantitative estimate of drug-likeness (QED) is 0.558. The molecule has 0 fully saturated rings. The van der Waals surface area contributed by atoms with Crippen LogP contribution in [0.1, 0.15) is 13.8 Å². The fourth-order valence-electron chi connectivity index (χ4n) is 0.693. The first-order valence-electron chi connectivity index (χ1n) is 3.14. The largest absolute Gasteiger partial charge is 0.493 e. The number of rotatable bonds is 4. The van der Waals surface area contributed by atoms with Crippen LogP contribution in [0.15, 0.2) is 12.8 Å². The van der Waals surface area contributed by atoms with Crippen LogP contribution in [0.3, 0.4) is 0 Å². The summed E-state index contributed by atoms with van der Waals surface area (Å²) in [6, 6.07) is 0. The summed E-state index contributed by atoms with van der Waals surface area (Å²) in [5.41, 5.74) is 0. The van der Waals surface area contributed by atoms with Crippen molar-refractivity contribution in [2.24, 2.45) is 0 Å². The van der Waals surface area contributed by atoms with E-state index in [4.69, 9.17) is 0 Å². The average Bonchev–Trinajstić information content (AvgIpc) is 1.81. The normalized spacial score (nSPS) is 19.2. The van der Waals surface area contributed by atoms with Crippen LogP contribution in [0.5, 0.6) is 0 Å². The average molecular weight is 150 g/mol. The van der Waals surface area contributed by atoms with E-state index in [2.05, 4.69) is 11.3 Å². The van der Waals surface area contributed by atoms with Gasteiger partial charge < -0.3 is 4.74 Å². The molecule has 0 rings (SSSR count). The fourth-order valence-corrected chi connectivity index (χ4v) is 0.693. The van der Waals surface area contributed by atoms with E-state index < -0.39 is 18.4 Å². The smallest absolute Gasteiger partial charge is 0.159 e. The molecule has 0 aliphatic rings. The molecule has 0 N–H and O–H groups in total. The molecule has 0 heterocycles. The van der Waals surface area contributed by atoms with E-state index in [0.29, 0.717) is 0 Å². The summed E-state index contributed by atoms with van der Waals surface area (Å²) in [7, 11) is 0. The van der Waals surface area contributed by atoms with Crippen molar-refractivity contribution in [2.75, 3.05) is 0 Å². The Morgan fingerprint density at radius 2 is 1.70 bits per heavy atom. The lowest BCUT2D eigenvalue weighted by molar-refractivity contribution is 0.0141. The van der Waals surface area contributed by atoms with Crippen LogP contribution >= 0.6 is 0 Å². The van der Waals surface area contributed by atoms with Gasteiger partial charge in [-0.1, -0.05) is 6.58 Å². The highest BCUT2D eigenvalue weighted by Crippen LogP contribution is 2.10. The number of halogens is 2. The monoisotopic (exact) mass is 150 g/mol. The van der Waals surface area contributed by atoms with Crippen LogP contribution in [0.25, 0.3) is 0 Å². The van der Waals surface area contributed by atoms with Crippen LogP contribution in [0, 0.1) is 0 Å². The molecule has 60 valence electrons. The maximum atomic E-state index is 12.4. The Labute approximate surface area is 59.7 Å². The maximum absolute atomic E-state index is 12.4. The Balaban J connectivity index is 3.84. The molecule has 2 atom stereocenters. The van der Waals surface area contributed by atoms with Gasteiger partial charge in [-0.15, -0.1) is 0 Å². The highest BCUT2D eigenvalue weighted by Gasteiger charge is 2.23. The summed E-state index contributed by atoms with van der Waals surface area (Å²) in [5.74, 6) is 0. The lowest BCUT2D eigenvalue weighted by atomic mass is 10.2. The second-order valence-electron chi connectivity index (χ2n) is 2.12. The van der Waals surface area contributed by atoms with E-state index in [0.717, 1.165) is 6.26 Å². The molecule has 0 aromatic carbocycles. The minimum atomic E-state index is -1.31. The maximum Gasteiger partial charge on any atom is 0.159 e. The van der Waals surface area contributed by atoms with Gasteiger partial charge in [-0.2, -0.15) is 0 Å². The van der Waals surface area contributed by atoms with Gasteiger partial charge >= 0.3 is 0 Å². The van der Waals surface area contributed by atoms with Crippen molar-refractivity contribution in [3.05, 3.63) is 12.8 Å². The first-order chi connectivity index (χ1) is 4.59. The summed E-state index contributed by atoms with van der Waals surface area (Å²) >= 11 is 0. The van der Waals surface area contributed by atoms with E-state index >= 15 is 0 Å². The second kappa shape index (κ2) is 4.25. The summed E-state index contributed by atoms with van der Waals surface area (Å²) in [4.78, 5) is 0. The van der Waals surface area contributed by atoms with Gasteiger partial charge in [0.2, 0.25) is 0 Å². The molecule has 0 aromatic rings. The predicted molar refractivity (Wildman–Crippen MR) is 36.2 cm³/mol. The van der Waals surface area contributed by atoms with Crippen molar-refractivity contribution in [2.45, 2.75) is 32.3 Å². The van der Waals surface area contributed by atoms with Crippen LogP contribution < -0.4 is 0 Å². The van der Waals surface area contributed by atoms with Crippen molar-refractivity contribution < 1.29 is 13.5 Å². The van der Waals surface area contributed by atoms with Gasteiger partial charge in [0.15, 0.2) is 6.10 Å². The van der Waals surface area contributed by atoms with Crippen LogP contribution in [-0.2, 0) is 4.74 Å². The van der Waals surface area contributed by atoms with E-state index in [9.17, 15) is 8.78 Å². The Kier molecular flexibility index (Phi) is 4.00. The van der Waals surface area contributed by atoms with E-state index in [1.807, 2.05) is 0 Å². The molecule has 10 heavy (non-hydrogen) atoms. The van der Waals surface area contributed by atoms with E-state index in [1.54, 1.807) is 0 Å². The van der Waals surface area contributed by atoms with Gasteiger partial charge in [-0.05, 0) is 13.8 Å². The molecule has 0 saturated carbocycles. The van der Waals surface area contributed by atoms with Crippen molar-refractivity contribution in [3.8, 4) is 0 Å². The third-order valence-corrected chi connectivity index (χ3v) is 1.16. The number of ether oxygens (including phenoxy) is 1. The molecule has 0 aliphatic heterocycles. The molecule has 1 nitrogen and oxygen atoms in total. The predicted octanol–water partition coefficient (Wildman–Crippen LogP) is 2.23. The SMILES string of the molecule is C=COC(C(C)F)C(C)F. The van der Waals surface area contributed by atoms with Gasteiger partial charge in [-0.3, -0.25) is 0 Å². The first-order valence-corrected chi connectivity index (χ1v) is 3.14. The molecule has 0 bridgehead atoms. The molecule has 3 heteroatoms. The van der Waals surface area contributed by atoms with Crippen molar-refractivity contribution in [3.63, 3.8) is 0 Å². The van der Waals surface area contributed by atoms with Gasteiger partial charge in [0.1, 0.15) is 12.3 Å². The lowest BCUT2D eigenvalue weighted by Gasteiger charge is -2.18. The summed E-state index contributed by atoms with van der Waals surface area (Å²) in [6.07, 6.45) is -2.58. The fraction of sp³-hybridized carbons (Fsp3) is 0.714. The van der Waals surface area contributed by atoms with Crippen molar-refractivity contribution in [1.29, 1.82) is 0 Å². The number of hydrogen-bond donors (Lipinski definition) is 0. The Bertz CT molecular complexity index is 93.8. The van der Waals surface area contributed by atoms with Crippen molar-refractivity contribution in [1.82, 2.24) is 0 Å². The zero-order valence-electron chi connectivity index (χ0n) is 6.18. The van der Waals surface area contributed by atoms with Crippen molar-refractivity contribution >= 4 is 0 Å². The lowest BCUT2D eigenvalue weighted by Crippen LogP contribution is -2.29. The molecule has 0 amide bonds. The second-order valence-corrected chi connectivity index (χ2v) is 2.12. The first kappa shape index (κ1) is 9.40. The van der Waals surface area contributed by atoms with Gasteiger partial charge in [-0.25, -0.2) is 8.78 Å². The molecule has 0 spiro atoms. The minimum absolute atomic E-state index is 1.02. The molecule has 2 unspecified atom stereocenters. The topological polar surface area (TPSA) is 9.23 Å². The molecule has 0 radical (unpaired) electrons. The molecule has 0 aliphatic carbocycles. The Morgan fingerprint density at radius 3 is 1.80 bits per heavy atom. The van der Waals surface area contributed by atoms with Crippen LogP contribution in [-0.4, -0.2) is 18.4 Å². The van der Waals surface area contributed by atoms with Crippen LogP contribution in [0.2, 0.25) is 0 Å². The van der Waals surface area contributed by atoms with Crippen LogP contribution in [0.4, 0.5) is 8.78 Å². The third kappa shape index (κ3) is 2.80. The standard InChI is InChI=1S/C7H12F2O/c1-4-10-7(5(2)8)6(3)9/h4-7H,1H2,2-3H3. The number of hydrogen-bond acceptors (Lipinski definition) is 1. The number of alkyl halides is 2. The zero-order chi connectivity index (χ0) is 8.15. The summed E-state index contributed by atoms with van der Waals surface area (Å²) < 4.78 is 29.4. The van der Waals surface area contributed by atoms with E-state index in [-0.39, 0.29) is 0 Å². The molecular formula is C7H12F2O. The highest BCUT2D eigenvalue weighted by molar-refractivity contribution is 4.73. The Hall–Kier alpha value is -0.600. The minimum Gasteiger partial charge on any atom is -0.493 e. The van der Waals surface area contributed by atoms with Gasteiger partial charge in [0.25, 0.3) is 0 Å². The summed E-state index contributed by atoms with van der Waals surface area (Å²) in [6.45, 7) is 5.72. The Morgan fingerprint density at radius 1 is 1.30 bits per heavy atom. The molecule has 0 aromatic heterocycles. The van der Waals surface area contributed by atoms with Gasteiger partial charge in [0, 0.05) is 0 Å². The highest BCUT2D eigenvalue weighted by atomic mass is 19.1. The van der Waals surface area contributed by atoms with Gasteiger partial charge in [0.05, 0.1) is 6.26 Å².